The molecule has 0 aliphatic carbocycles. The second-order valence-corrected chi connectivity index (χ2v) is 12.6. The molecule has 5 aromatic carbocycles. The number of benzene rings is 5. The van der Waals surface area contributed by atoms with Crippen LogP contribution in [0.2, 0.25) is 0 Å². The minimum absolute atomic E-state index is 0.727. The van der Waals surface area contributed by atoms with E-state index in [0.29, 0.717) is 0 Å². The number of para-hydroxylation sites is 1. The Morgan fingerprint density at radius 1 is 0.373 bits per heavy atom. The molecule has 5 heterocycles. The highest BCUT2D eigenvalue weighted by Crippen LogP contribution is 2.38. The molecule has 51 heavy (non-hydrogen) atoms. The van der Waals surface area contributed by atoms with Crippen LogP contribution in [0.5, 0.6) is 11.5 Å². The average Bonchev–Trinajstić information content (AvgIpc) is 3.71. The van der Waals surface area contributed by atoms with Gasteiger partial charge >= 0.3 is 0 Å². The van der Waals surface area contributed by atoms with E-state index in [1.165, 1.54) is 0 Å². The fourth-order valence-corrected chi connectivity index (χ4v) is 7.25. The third-order valence-electron chi connectivity index (χ3n) is 9.59. The predicted molar refractivity (Wildman–Crippen MR) is 206 cm³/mol. The minimum Gasteiger partial charge on any atom is -0.457 e. The summed E-state index contributed by atoms with van der Waals surface area (Å²) in [5.74, 6) is 3.13. The first-order chi connectivity index (χ1) is 25.3. The quantitative estimate of drug-likeness (QED) is 0.179. The number of hydrogen-bond donors (Lipinski definition) is 0. The maximum atomic E-state index is 6.67. The van der Waals surface area contributed by atoms with E-state index in [4.69, 9.17) is 14.7 Å². The molecule has 0 amide bonds. The van der Waals surface area contributed by atoms with Gasteiger partial charge in [-0.2, -0.15) is 0 Å². The van der Waals surface area contributed by atoms with Crippen molar-refractivity contribution in [1.82, 2.24) is 24.1 Å². The molecule has 6 heteroatoms. The van der Waals surface area contributed by atoms with Crippen LogP contribution in [0, 0.1) is 0 Å². The number of fused-ring (bicyclic) bond motifs is 6. The zero-order chi connectivity index (χ0) is 33.7. The molecule has 240 valence electrons. The van der Waals surface area contributed by atoms with E-state index in [1.54, 1.807) is 0 Å². The van der Waals surface area contributed by atoms with Crippen molar-refractivity contribution in [3.63, 3.8) is 0 Å². The van der Waals surface area contributed by atoms with Crippen molar-refractivity contribution in [3.05, 3.63) is 176 Å². The lowest BCUT2D eigenvalue weighted by molar-refractivity contribution is 0.484. The molecule has 0 N–H and O–H groups in total. The molecule has 0 aliphatic heterocycles. The Morgan fingerprint density at radius 2 is 0.882 bits per heavy atom. The highest BCUT2D eigenvalue weighted by molar-refractivity contribution is 6.10. The molecule has 6 nitrogen and oxygen atoms in total. The number of pyridine rings is 3. The normalized spacial score (nSPS) is 11.5. The van der Waals surface area contributed by atoms with E-state index < -0.39 is 0 Å². The van der Waals surface area contributed by atoms with E-state index in [9.17, 15) is 0 Å². The number of nitrogens with zero attached hydrogens (tertiary/aromatic N) is 5. The first-order valence-corrected chi connectivity index (χ1v) is 16.9. The fraction of sp³-hybridized carbons (Fsp3) is 0. The third-order valence-corrected chi connectivity index (χ3v) is 9.59. The molecule has 0 saturated carbocycles. The lowest BCUT2D eigenvalue weighted by Crippen LogP contribution is -1.98. The van der Waals surface area contributed by atoms with Crippen LogP contribution in [0.25, 0.3) is 77.5 Å². The van der Waals surface area contributed by atoms with Gasteiger partial charge in [-0.3, -0.25) is 14.1 Å². The van der Waals surface area contributed by atoms with E-state index in [2.05, 4.69) is 135 Å². The van der Waals surface area contributed by atoms with Gasteiger partial charge in [0.2, 0.25) is 0 Å². The smallest absolute Gasteiger partial charge is 0.138 e. The Balaban J connectivity index is 1.10. The molecule has 0 fully saturated rings. The molecule has 0 radical (unpaired) electrons. The molecule has 0 bridgehead atoms. The maximum absolute atomic E-state index is 6.67. The summed E-state index contributed by atoms with van der Waals surface area (Å²) in [6.45, 7) is 0. The zero-order valence-corrected chi connectivity index (χ0v) is 27.4. The first kappa shape index (κ1) is 28.9. The Hall–Kier alpha value is -7.05. The molecular formula is C45H29N5O. The van der Waals surface area contributed by atoms with Crippen molar-refractivity contribution >= 4 is 43.6 Å². The van der Waals surface area contributed by atoms with Gasteiger partial charge in [0.25, 0.3) is 0 Å². The Kier molecular flexibility index (Phi) is 6.70. The second kappa shape index (κ2) is 11.8. The second-order valence-electron chi connectivity index (χ2n) is 12.6. The third kappa shape index (κ3) is 4.92. The summed E-state index contributed by atoms with van der Waals surface area (Å²) in [7, 11) is 0. The van der Waals surface area contributed by atoms with Crippen molar-refractivity contribution in [3.8, 4) is 45.4 Å². The largest absolute Gasteiger partial charge is 0.457 e. The van der Waals surface area contributed by atoms with Crippen LogP contribution in [-0.4, -0.2) is 24.1 Å². The lowest BCUT2D eigenvalue weighted by Gasteiger charge is -2.11. The molecule has 5 aromatic heterocycles. The van der Waals surface area contributed by atoms with Gasteiger partial charge in [0.1, 0.15) is 23.1 Å². The molecule has 0 atom stereocenters. The molecule has 0 spiro atoms. The van der Waals surface area contributed by atoms with Gasteiger partial charge in [0.05, 0.1) is 28.3 Å². The number of rotatable bonds is 6. The predicted octanol–water partition coefficient (Wildman–Crippen LogP) is 11.2. The number of aromatic nitrogens is 5. The van der Waals surface area contributed by atoms with Crippen LogP contribution in [0.15, 0.2) is 176 Å². The molecule has 0 aliphatic rings. The Bertz CT molecular complexity index is 2690. The lowest BCUT2D eigenvalue weighted by atomic mass is 10.1. The van der Waals surface area contributed by atoms with Crippen molar-refractivity contribution < 1.29 is 4.74 Å². The summed E-state index contributed by atoms with van der Waals surface area (Å²) in [5, 5.41) is 4.51. The van der Waals surface area contributed by atoms with Gasteiger partial charge in [0.15, 0.2) is 0 Å². The van der Waals surface area contributed by atoms with Crippen LogP contribution >= 0.6 is 0 Å². The van der Waals surface area contributed by atoms with E-state index in [0.717, 1.165) is 89.0 Å². The molecular weight excluding hydrogens is 627 g/mol. The summed E-state index contributed by atoms with van der Waals surface area (Å²) in [6, 6.07) is 52.2. The SMILES string of the molecule is c1ccc(-c2ccnc(-n3c4ccccc4c4ccc(Oc5ccc6c7ccncc7n(-c7cc(-c8ccccc8)ccn7)c6c5)cc43)c2)cc1. The summed E-state index contributed by atoms with van der Waals surface area (Å²) in [5.41, 5.74) is 8.59. The highest BCUT2D eigenvalue weighted by Gasteiger charge is 2.17. The standard InChI is InChI=1S/C45H29N5O/c1-3-9-30(10-4-1)32-19-23-47-44(25-32)49-40-14-8-7-13-36(40)37-17-15-34(27-41(37)49)51-35-16-18-38-39-21-22-46-29-43(39)50(42(38)28-35)45-26-33(20-24-48-45)31-11-5-2-6-12-31/h1-29H. The van der Waals surface area contributed by atoms with Gasteiger partial charge < -0.3 is 4.74 Å². The van der Waals surface area contributed by atoms with Gasteiger partial charge in [-0.15, -0.1) is 0 Å². The zero-order valence-electron chi connectivity index (χ0n) is 27.4. The average molecular weight is 656 g/mol. The van der Waals surface area contributed by atoms with Crippen LogP contribution in [-0.2, 0) is 0 Å². The van der Waals surface area contributed by atoms with Gasteiger partial charge in [-0.1, -0.05) is 78.9 Å². The highest BCUT2D eigenvalue weighted by atomic mass is 16.5. The number of ether oxygens (including phenoxy) is 1. The van der Waals surface area contributed by atoms with Crippen LogP contribution in [0.1, 0.15) is 0 Å². The van der Waals surface area contributed by atoms with Crippen molar-refractivity contribution in [1.29, 1.82) is 0 Å². The summed E-state index contributed by atoms with van der Waals surface area (Å²) >= 11 is 0. The Morgan fingerprint density at radius 3 is 1.49 bits per heavy atom. The van der Waals surface area contributed by atoms with Crippen molar-refractivity contribution in [2.24, 2.45) is 0 Å². The van der Waals surface area contributed by atoms with Crippen LogP contribution < -0.4 is 4.74 Å². The van der Waals surface area contributed by atoms with E-state index in [1.807, 2.05) is 55.1 Å². The van der Waals surface area contributed by atoms with Crippen LogP contribution in [0.3, 0.4) is 0 Å². The van der Waals surface area contributed by atoms with Gasteiger partial charge in [0, 0.05) is 52.3 Å². The summed E-state index contributed by atoms with van der Waals surface area (Å²) in [6.07, 6.45) is 7.49. The van der Waals surface area contributed by atoms with E-state index >= 15 is 0 Å². The Labute approximate surface area is 293 Å². The summed E-state index contributed by atoms with van der Waals surface area (Å²) in [4.78, 5) is 14.2. The van der Waals surface area contributed by atoms with Crippen LogP contribution in [0.4, 0.5) is 0 Å². The minimum atomic E-state index is 0.727. The molecule has 0 saturated heterocycles. The topological polar surface area (TPSA) is 57.8 Å². The monoisotopic (exact) mass is 655 g/mol. The van der Waals surface area contributed by atoms with Crippen molar-refractivity contribution in [2.75, 3.05) is 0 Å². The van der Waals surface area contributed by atoms with Crippen molar-refractivity contribution in [2.45, 2.75) is 0 Å². The molecule has 10 aromatic rings. The number of hydrogen-bond acceptors (Lipinski definition) is 4. The van der Waals surface area contributed by atoms with E-state index in [-0.39, 0.29) is 0 Å². The van der Waals surface area contributed by atoms with Gasteiger partial charge in [-0.25, -0.2) is 9.97 Å². The maximum Gasteiger partial charge on any atom is 0.138 e. The fourth-order valence-electron chi connectivity index (χ4n) is 7.25. The van der Waals surface area contributed by atoms with Gasteiger partial charge in [-0.05, 0) is 82.9 Å². The summed E-state index contributed by atoms with van der Waals surface area (Å²) < 4.78 is 11.1. The molecule has 10 rings (SSSR count). The molecule has 0 unspecified atom stereocenters. The first-order valence-electron chi connectivity index (χ1n) is 16.9.